The molecule has 3 rings (SSSR count). The Morgan fingerprint density at radius 1 is 1.22 bits per heavy atom. The van der Waals surface area contributed by atoms with Crippen LogP contribution in [-0.2, 0) is 12.6 Å². The third kappa shape index (κ3) is 5.03. The molecule has 0 saturated heterocycles. The van der Waals surface area contributed by atoms with Gasteiger partial charge in [-0.25, -0.2) is 13.8 Å². The highest BCUT2D eigenvalue weighted by Crippen LogP contribution is 2.40. The molecule has 3 N–H and O–H groups in total. The number of hydrogen-bond acceptors (Lipinski definition) is 4. The summed E-state index contributed by atoms with van der Waals surface area (Å²) in [5, 5.41) is 21.2. The van der Waals surface area contributed by atoms with Gasteiger partial charge in [0.2, 0.25) is 5.92 Å². The predicted octanol–water partition coefficient (Wildman–Crippen LogP) is 3.50. The van der Waals surface area contributed by atoms with E-state index in [1.54, 1.807) is 0 Å². The summed E-state index contributed by atoms with van der Waals surface area (Å²) in [6.07, 6.45) is -5.26. The molecule has 1 saturated carbocycles. The van der Waals surface area contributed by atoms with E-state index in [4.69, 9.17) is 0 Å². The van der Waals surface area contributed by atoms with Crippen LogP contribution in [0.1, 0.15) is 60.0 Å². The third-order valence-corrected chi connectivity index (χ3v) is 5.96. The zero-order valence-corrected chi connectivity index (χ0v) is 17.8. The van der Waals surface area contributed by atoms with Gasteiger partial charge in [-0.1, -0.05) is 0 Å². The molecule has 2 aromatic heterocycles. The number of fused-ring (bicyclic) bond motifs is 1. The van der Waals surface area contributed by atoms with Gasteiger partial charge in [-0.05, 0) is 51.2 Å². The van der Waals surface area contributed by atoms with Gasteiger partial charge in [0.1, 0.15) is 5.65 Å². The first-order chi connectivity index (χ1) is 14.8. The first-order valence-corrected chi connectivity index (χ1v) is 10.3. The quantitative estimate of drug-likeness (QED) is 0.573. The van der Waals surface area contributed by atoms with Gasteiger partial charge in [-0.2, -0.15) is 13.2 Å². The van der Waals surface area contributed by atoms with Crippen molar-refractivity contribution in [2.75, 3.05) is 13.2 Å². The van der Waals surface area contributed by atoms with Crippen LogP contribution in [0.25, 0.3) is 5.65 Å². The van der Waals surface area contributed by atoms with E-state index in [1.165, 1.54) is 30.4 Å². The number of aliphatic hydroxyl groups excluding tert-OH is 2. The van der Waals surface area contributed by atoms with Crippen LogP contribution in [0.4, 0.5) is 22.0 Å². The summed E-state index contributed by atoms with van der Waals surface area (Å²) in [4.78, 5) is 16.3. The topological polar surface area (TPSA) is 86.9 Å². The highest BCUT2D eigenvalue weighted by atomic mass is 19.4. The van der Waals surface area contributed by atoms with E-state index in [-0.39, 0.29) is 54.9 Å². The number of nitrogens with zero attached hydrogens (tertiary/aromatic N) is 2. The second-order valence-electron chi connectivity index (χ2n) is 8.82. The molecular formula is C21H26F5N3O3. The van der Waals surface area contributed by atoms with E-state index >= 15 is 0 Å². The maximum Gasteiger partial charge on any atom is 0.435 e. The molecule has 1 aliphatic carbocycles. The molecule has 6 nitrogen and oxygen atoms in total. The number of halogens is 5. The number of aliphatic hydroxyl groups is 2. The van der Waals surface area contributed by atoms with Crippen LogP contribution in [-0.4, -0.2) is 50.2 Å². The Morgan fingerprint density at radius 3 is 2.34 bits per heavy atom. The van der Waals surface area contributed by atoms with E-state index in [9.17, 15) is 37.0 Å². The van der Waals surface area contributed by atoms with E-state index < -0.39 is 42.5 Å². The molecule has 32 heavy (non-hydrogen) atoms. The molecule has 11 heteroatoms. The van der Waals surface area contributed by atoms with Gasteiger partial charge >= 0.3 is 6.18 Å². The molecule has 1 fully saturated rings. The molecule has 2 aromatic rings. The molecule has 0 aliphatic heterocycles. The summed E-state index contributed by atoms with van der Waals surface area (Å²) < 4.78 is 69.5. The highest BCUT2D eigenvalue weighted by molar-refractivity contribution is 5.95. The average Bonchev–Trinajstić information content (AvgIpc) is 3.08. The second-order valence-corrected chi connectivity index (χ2v) is 8.82. The van der Waals surface area contributed by atoms with Crippen molar-refractivity contribution in [2.24, 2.45) is 5.92 Å². The smallest absolute Gasteiger partial charge is 0.394 e. The summed E-state index contributed by atoms with van der Waals surface area (Å²) in [7, 11) is 0. The first-order valence-electron chi connectivity index (χ1n) is 10.3. The molecule has 1 amide bonds. The van der Waals surface area contributed by atoms with Gasteiger partial charge in [0, 0.05) is 24.1 Å². The molecule has 0 aromatic carbocycles. The van der Waals surface area contributed by atoms with Gasteiger partial charge in [0.05, 0.1) is 24.4 Å². The van der Waals surface area contributed by atoms with Gasteiger partial charge in [0.15, 0.2) is 5.69 Å². The molecule has 0 unspecified atom stereocenters. The van der Waals surface area contributed by atoms with E-state index in [2.05, 4.69) is 10.3 Å². The van der Waals surface area contributed by atoms with Crippen LogP contribution in [0.2, 0.25) is 0 Å². The number of aryl methyl sites for hydroxylation is 1. The Bertz CT molecular complexity index is 989. The fourth-order valence-electron chi connectivity index (χ4n) is 4.03. The number of pyridine rings is 1. The van der Waals surface area contributed by atoms with Crippen LogP contribution >= 0.6 is 0 Å². The Hall–Kier alpha value is -2.27. The summed E-state index contributed by atoms with van der Waals surface area (Å²) in [5.41, 5.74) is -2.26. The fraction of sp³-hybridized carbons (Fsp3) is 0.619. The Balaban J connectivity index is 2.00. The van der Waals surface area contributed by atoms with Crippen LogP contribution in [0.15, 0.2) is 12.1 Å². The Labute approximate surface area is 181 Å². The van der Waals surface area contributed by atoms with Crippen molar-refractivity contribution in [3.8, 4) is 0 Å². The lowest BCUT2D eigenvalue weighted by Gasteiger charge is -2.28. The minimum absolute atomic E-state index is 0.0192. The Morgan fingerprint density at radius 2 is 1.81 bits per heavy atom. The molecular weight excluding hydrogens is 437 g/mol. The zero-order valence-electron chi connectivity index (χ0n) is 17.8. The van der Waals surface area contributed by atoms with E-state index in [0.29, 0.717) is 5.69 Å². The van der Waals surface area contributed by atoms with Crippen molar-refractivity contribution in [1.29, 1.82) is 0 Å². The number of rotatable bonds is 6. The van der Waals surface area contributed by atoms with Crippen molar-refractivity contribution < 1.29 is 37.0 Å². The molecule has 0 spiro atoms. The minimum atomic E-state index is -4.75. The largest absolute Gasteiger partial charge is 0.435 e. The lowest BCUT2D eigenvalue weighted by molar-refractivity contribution is -0.141. The monoisotopic (exact) mass is 463 g/mol. The standard InChI is InChI=1S/C21H26F5N3O3/c1-12-7-14(18(32)28-19(2,10-30)11-31)9-16-27-17(21(24,25)26)15(29(12)16)8-13-3-5-20(22,23)6-4-13/h7,9,13,30-31H,3-6,8,10-11H2,1-2H3,(H,28,32). The van der Waals surface area contributed by atoms with Crippen LogP contribution in [0.3, 0.4) is 0 Å². The SMILES string of the molecule is Cc1cc(C(=O)NC(C)(CO)CO)cc2nc(C(F)(F)F)c(CC3CCC(F)(F)CC3)n12. The summed E-state index contributed by atoms with van der Waals surface area (Å²) in [5.74, 6) is -3.79. The van der Waals surface area contributed by atoms with Crippen LogP contribution < -0.4 is 5.32 Å². The Kier molecular flexibility index (Phi) is 6.54. The van der Waals surface area contributed by atoms with Gasteiger partial charge in [-0.3, -0.25) is 4.79 Å². The van der Waals surface area contributed by atoms with E-state index in [0.717, 1.165) is 0 Å². The van der Waals surface area contributed by atoms with E-state index in [1.807, 2.05) is 0 Å². The number of aromatic nitrogens is 2. The first kappa shape index (κ1) is 24.4. The summed E-state index contributed by atoms with van der Waals surface area (Å²) >= 11 is 0. The third-order valence-electron chi connectivity index (χ3n) is 5.96. The van der Waals surface area contributed by atoms with Gasteiger partial charge in [-0.15, -0.1) is 0 Å². The predicted molar refractivity (Wildman–Crippen MR) is 106 cm³/mol. The van der Waals surface area contributed by atoms with Crippen LogP contribution in [0, 0.1) is 12.8 Å². The fourth-order valence-corrected chi connectivity index (χ4v) is 4.03. The molecule has 0 bridgehead atoms. The zero-order chi connectivity index (χ0) is 23.9. The van der Waals surface area contributed by atoms with Gasteiger partial charge < -0.3 is 19.9 Å². The summed E-state index contributed by atoms with van der Waals surface area (Å²) in [6.45, 7) is 1.87. The highest BCUT2D eigenvalue weighted by Gasteiger charge is 2.40. The van der Waals surface area contributed by atoms with Crippen molar-refractivity contribution >= 4 is 11.6 Å². The number of hydrogen-bond donors (Lipinski definition) is 3. The number of alkyl halides is 5. The average molecular weight is 463 g/mol. The number of imidazole rings is 1. The molecule has 0 radical (unpaired) electrons. The lowest BCUT2D eigenvalue weighted by Crippen LogP contribution is -2.51. The second kappa shape index (κ2) is 8.58. The maximum atomic E-state index is 13.7. The van der Waals surface area contributed by atoms with Crippen molar-refractivity contribution in [3.63, 3.8) is 0 Å². The van der Waals surface area contributed by atoms with Crippen molar-refractivity contribution in [1.82, 2.24) is 14.7 Å². The summed E-state index contributed by atoms with van der Waals surface area (Å²) in [6, 6.07) is 2.59. The van der Waals surface area contributed by atoms with Crippen molar-refractivity contribution in [3.05, 3.63) is 34.8 Å². The van der Waals surface area contributed by atoms with Crippen LogP contribution in [0.5, 0.6) is 0 Å². The number of carbonyl (C=O) groups is 1. The normalized spacial score (nSPS) is 17.7. The molecule has 0 atom stereocenters. The molecule has 1 aliphatic rings. The number of nitrogens with one attached hydrogen (secondary N) is 1. The number of amides is 1. The minimum Gasteiger partial charge on any atom is -0.394 e. The number of carbonyl (C=O) groups excluding carboxylic acids is 1. The lowest BCUT2D eigenvalue weighted by atomic mass is 9.83. The molecule has 2 heterocycles. The van der Waals surface area contributed by atoms with Gasteiger partial charge in [0.25, 0.3) is 5.91 Å². The van der Waals surface area contributed by atoms with Crippen molar-refractivity contribution in [2.45, 2.75) is 63.6 Å². The molecule has 178 valence electrons. The maximum absolute atomic E-state index is 13.7.